The monoisotopic (exact) mass is 187 g/mol. The molecular formula is C10H21NO2. The van der Waals surface area contributed by atoms with Gasteiger partial charge in [-0.15, -0.1) is 0 Å². The number of hydrogen-bond acceptors (Lipinski definition) is 2. The van der Waals surface area contributed by atoms with Gasteiger partial charge in [0.05, 0.1) is 0 Å². The van der Waals surface area contributed by atoms with Gasteiger partial charge in [-0.3, -0.25) is 4.79 Å². The highest BCUT2D eigenvalue weighted by Crippen LogP contribution is 2.19. The van der Waals surface area contributed by atoms with Crippen LogP contribution in [0.2, 0.25) is 0 Å². The molecule has 3 N–H and O–H groups in total. The van der Waals surface area contributed by atoms with E-state index in [-0.39, 0.29) is 18.4 Å². The predicted molar refractivity (Wildman–Crippen MR) is 53.5 cm³/mol. The van der Waals surface area contributed by atoms with Crippen molar-refractivity contribution in [1.29, 1.82) is 0 Å². The summed E-state index contributed by atoms with van der Waals surface area (Å²) in [5, 5.41) is 8.69. The van der Waals surface area contributed by atoms with Gasteiger partial charge >= 0.3 is 5.97 Å². The molecule has 0 aliphatic carbocycles. The molecular weight excluding hydrogens is 166 g/mol. The van der Waals surface area contributed by atoms with Crippen LogP contribution in [0.4, 0.5) is 0 Å². The summed E-state index contributed by atoms with van der Waals surface area (Å²) in [5.74, 6) is -0.0981. The molecule has 0 bridgehead atoms. The largest absolute Gasteiger partial charge is 0.481 e. The smallest absolute Gasteiger partial charge is 0.303 e. The number of hydrogen-bond donors (Lipinski definition) is 2. The molecule has 3 nitrogen and oxygen atoms in total. The third kappa shape index (κ3) is 5.64. The molecule has 0 saturated carbocycles. The van der Waals surface area contributed by atoms with Gasteiger partial charge in [-0.25, -0.2) is 0 Å². The summed E-state index contributed by atoms with van der Waals surface area (Å²) in [6.45, 7) is 6.19. The Labute approximate surface area is 80.3 Å². The minimum Gasteiger partial charge on any atom is -0.481 e. The van der Waals surface area contributed by atoms with E-state index in [1.807, 2.05) is 6.92 Å². The van der Waals surface area contributed by atoms with Gasteiger partial charge in [0, 0.05) is 12.5 Å². The van der Waals surface area contributed by atoms with Crippen molar-refractivity contribution in [2.75, 3.05) is 0 Å². The summed E-state index contributed by atoms with van der Waals surface area (Å²) in [6.07, 6.45) is 1.96. The summed E-state index contributed by atoms with van der Waals surface area (Å²) in [6, 6.07) is 0.0264. The van der Waals surface area contributed by atoms with Gasteiger partial charge in [-0.05, 0) is 24.7 Å². The van der Waals surface area contributed by atoms with E-state index in [2.05, 4.69) is 13.8 Å². The first-order valence-corrected chi connectivity index (χ1v) is 4.94. The molecule has 0 saturated heterocycles. The van der Waals surface area contributed by atoms with Crippen LogP contribution < -0.4 is 5.73 Å². The summed E-state index contributed by atoms with van der Waals surface area (Å²) >= 11 is 0. The summed E-state index contributed by atoms with van der Waals surface area (Å²) in [7, 11) is 0. The molecule has 0 aliphatic rings. The van der Waals surface area contributed by atoms with Crippen molar-refractivity contribution in [2.45, 2.75) is 46.1 Å². The quantitative estimate of drug-likeness (QED) is 0.667. The van der Waals surface area contributed by atoms with Crippen LogP contribution in [0, 0.1) is 11.8 Å². The third-order valence-corrected chi connectivity index (χ3v) is 2.29. The fourth-order valence-electron chi connectivity index (χ4n) is 1.57. The maximum absolute atomic E-state index is 10.6. The Kier molecular flexibility index (Phi) is 5.71. The van der Waals surface area contributed by atoms with E-state index in [4.69, 9.17) is 10.8 Å². The number of carboxylic acids is 1. The highest BCUT2D eigenvalue weighted by atomic mass is 16.4. The number of rotatable bonds is 6. The van der Waals surface area contributed by atoms with Gasteiger partial charge in [0.1, 0.15) is 0 Å². The number of nitrogens with two attached hydrogens (primary N) is 1. The van der Waals surface area contributed by atoms with E-state index in [0.29, 0.717) is 5.92 Å². The van der Waals surface area contributed by atoms with E-state index >= 15 is 0 Å². The topological polar surface area (TPSA) is 63.3 Å². The van der Waals surface area contributed by atoms with E-state index in [1.165, 1.54) is 0 Å². The van der Waals surface area contributed by atoms with Crippen molar-refractivity contribution in [3.8, 4) is 0 Å². The van der Waals surface area contributed by atoms with Crippen LogP contribution in [0.3, 0.4) is 0 Å². The third-order valence-electron chi connectivity index (χ3n) is 2.29. The zero-order chi connectivity index (χ0) is 10.4. The maximum Gasteiger partial charge on any atom is 0.303 e. The molecule has 0 amide bonds. The van der Waals surface area contributed by atoms with E-state index in [1.54, 1.807) is 0 Å². The van der Waals surface area contributed by atoms with Crippen LogP contribution in [0.25, 0.3) is 0 Å². The normalized spacial score (nSPS) is 15.8. The van der Waals surface area contributed by atoms with Crippen molar-refractivity contribution in [3.05, 3.63) is 0 Å². The fraction of sp³-hybridized carbons (Fsp3) is 0.900. The van der Waals surface area contributed by atoms with Gasteiger partial charge in [-0.1, -0.05) is 20.8 Å². The Hall–Kier alpha value is -0.570. The second kappa shape index (κ2) is 5.97. The molecule has 0 aliphatic heterocycles. The summed E-state index contributed by atoms with van der Waals surface area (Å²) in [5.41, 5.74) is 5.85. The first kappa shape index (κ1) is 12.4. The predicted octanol–water partition coefficient (Wildman–Crippen LogP) is 1.86. The molecule has 0 aromatic rings. The molecule has 0 aromatic carbocycles. The SMILES string of the molecule is CCC(N)C(CC(=O)O)CC(C)C. The van der Waals surface area contributed by atoms with Crippen molar-refractivity contribution >= 4 is 5.97 Å². The molecule has 0 aromatic heterocycles. The number of aliphatic carboxylic acids is 1. The molecule has 0 spiro atoms. The summed E-state index contributed by atoms with van der Waals surface area (Å²) in [4.78, 5) is 10.6. The van der Waals surface area contributed by atoms with Crippen LogP contribution in [0.5, 0.6) is 0 Å². The minimum atomic E-state index is -0.741. The standard InChI is InChI=1S/C10H21NO2/c1-4-9(11)8(5-7(2)3)6-10(12)13/h7-9H,4-6,11H2,1-3H3,(H,12,13). The van der Waals surface area contributed by atoms with Crippen molar-refractivity contribution in [1.82, 2.24) is 0 Å². The Balaban J connectivity index is 4.10. The fourth-order valence-corrected chi connectivity index (χ4v) is 1.57. The van der Waals surface area contributed by atoms with E-state index < -0.39 is 5.97 Å². The zero-order valence-electron chi connectivity index (χ0n) is 8.79. The molecule has 2 unspecified atom stereocenters. The van der Waals surface area contributed by atoms with Crippen molar-refractivity contribution in [3.63, 3.8) is 0 Å². The molecule has 78 valence electrons. The van der Waals surface area contributed by atoms with Gasteiger partial charge in [0.25, 0.3) is 0 Å². The maximum atomic E-state index is 10.6. The van der Waals surface area contributed by atoms with Crippen molar-refractivity contribution in [2.24, 2.45) is 17.6 Å². The second-order valence-electron chi connectivity index (χ2n) is 4.06. The van der Waals surface area contributed by atoms with Crippen LogP contribution in [-0.2, 0) is 4.79 Å². The van der Waals surface area contributed by atoms with E-state index in [9.17, 15) is 4.79 Å². The lowest BCUT2D eigenvalue weighted by Gasteiger charge is -2.22. The lowest BCUT2D eigenvalue weighted by Crippen LogP contribution is -2.32. The zero-order valence-corrected chi connectivity index (χ0v) is 8.79. The van der Waals surface area contributed by atoms with Crippen LogP contribution in [0.15, 0.2) is 0 Å². The minimum absolute atomic E-state index is 0.0264. The Morgan fingerprint density at radius 1 is 1.46 bits per heavy atom. The molecule has 0 radical (unpaired) electrons. The van der Waals surface area contributed by atoms with Gasteiger partial charge in [-0.2, -0.15) is 0 Å². The second-order valence-corrected chi connectivity index (χ2v) is 4.06. The highest BCUT2D eigenvalue weighted by molar-refractivity contribution is 5.67. The summed E-state index contributed by atoms with van der Waals surface area (Å²) < 4.78 is 0. The molecule has 0 fully saturated rings. The lowest BCUT2D eigenvalue weighted by molar-refractivity contribution is -0.138. The Morgan fingerprint density at radius 3 is 2.31 bits per heavy atom. The Bertz CT molecular complexity index is 157. The first-order valence-electron chi connectivity index (χ1n) is 4.94. The van der Waals surface area contributed by atoms with Gasteiger partial charge < -0.3 is 10.8 Å². The highest BCUT2D eigenvalue weighted by Gasteiger charge is 2.20. The van der Waals surface area contributed by atoms with E-state index in [0.717, 1.165) is 12.8 Å². The average molecular weight is 187 g/mol. The molecule has 2 atom stereocenters. The first-order chi connectivity index (χ1) is 5.97. The van der Waals surface area contributed by atoms with Gasteiger partial charge in [0.15, 0.2) is 0 Å². The van der Waals surface area contributed by atoms with Crippen LogP contribution in [0.1, 0.15) is 40.0 Å². The Morgan fingerprint density at radius 2 is 2.00 bits per heavy atom. The van der Waals surface area contributed by atoms with Gasteiger partial charge in [0.2, 0.25) is 0 Å². The molecule has 0 rings (SSSR count). The lowest BCUT2D eigenvalue weighted by atomic mass is 9.87. The average Bonchev–Trinajstić information content (AvgIpc) is 2.00. The van der Waals surface area contributed by atoms with Crippen LogP contribution >= 0.6 is 0 Å². The van der Waals surface area contributed by atoms with Crippen molar-refractivity contribution < 1.29 is 9.90 Å². The molecule has 3 heteroatoms. The number of carbonyl (C=O) groups is 1. The molecule has 0 heterocycles. The van der Waals surface area contributed by atoms with Crippen LogP contribution in [-0.4, -0.2) is 17.1 Å². The number of carboxylic acid groups (broad SMARTS) is 1. The molecule has 13 heavy (non-hydrogen) atoms.